The second-order valence-electron chi connectivity index (χ2n) is 5.34. The van der Waals surface area contributed by atoms with Crippen molar-refractivity contribution in [2.45, 2.75) is 39.8 Å². The molecule has 0 atom stereocenters. The molecule has 2 rings (SSSR count). The van der Waals surface area contributed by atoms with E-state index in [-0.39, 0.29) is 5.54 Å². The normalized spacial score (nSPS) is 11.8. The first-order valence-electron chi connectivity index (χ1n) is 5.97. The fraction of sp³-hybridized carbons (Fsp3) is 0.462. The van der Waals surface area contributed by atoms with Crippen LogP contribution in [0.1, 0.15) is 25.4 Å². The maximum Gasteiger partial charge on any atom is 0.125 e. The zero-order valence-electron chi connectivity index (χ0n) is 11.3. The summed E-state index contributed by atoms with van der Waals surface area (Å²) in [5.41, 5.74) is 8.69. The molecular weight excluding hydrogens is 226 g/mol. The maximum atomic E-state index is 6.06. The molecule has 2 N–H and O–H groups in total. The highest BCUT2D eigenvalue weighted by Crippen LogP contribution is 2.20. The molecule has 0 fully saturated rings. The largest absolute Gasteiger partial charge is 0.324 e. The van der Waals surface area contributed by atoms with Crippen molar-refractivity contribution in [3.8, 4) is 11.3 Å². The molecule has 96 valence electrons. The number of aryl methyl sites for hydroxylation is 2. The molecule has 0 spiro atoms. The van der Waals surface area contributed by atoms with Crippen LogP contribution in [0.2, 0.25) is 0 Å². The van der Waals surface area contributed by atoms with Gasteiger partial charge in [0.25, 0.3) is 0 Å². The molecule has 0 aliphatic rings. The second kappa shape index (κ2) is 4.49. The van der Waals surface area contributed by atoms with E-state index in [0.717, 1.165) is 22.8 Å². The van der Waals surface area contributed by atoms with Crippen molar-refractivity contribution in [1.29, 1.82) is 0 Å². The molecule has 0 radical (unpaired) electrons. The minimum atomic E-state index is -0.307. The Kier molecular flexibility index (Phi) is 3.17. The van der Waals surface area contributed by atoms with Crippen molar-refractivity contribution in [3.05, 3.63) is 30.0 Å². The molecule has 18 heavy (non-hydrogen) atoms. The first-order valence-corrected chi connectivity index (χ1v) is 5.97. The Balaban J connectivity index is 2.41. The van der Waals surface area contributed by atoms with Gasteiger partial charge in [0, 0.05) is 23.5 Å². The SMILES string of the molecule is Cc1cc(-c2cnc(C)nc2)n(CC(C)(C)N)n1. The number of hydrogen-bond donors (Lipinski definition) is 1. The van der Waals surface area contributed by atoms with Crippen molar-refractivity contribution in [2.24, 2.45) is 5.73 Å². The van der Waals surface area contributed by atoms with E-state index in [1.165, 1.54) is 0 Å². The summed E-state index contributed by atoms with van der Waals surface area (Å²) in [5, 5.41) is 4.48. The monoisotopic (exact) mass is 245 g/mol. The predicted octanol–water partition coefficient (Wildman–Crippen LogP) is 1.69. The molecule has 0 bridgehead atoms. The molecule has 0 unspecified atom stereocenters. The highest BCUT2D eigenvalue weighted by Gasteiger charge is 2.16. The lowest BCUT2D eigenvalue weighted by Gasteiger charge is -2.19. The highest BCUT2D eigenvalue weighted by atomic mass is 15.3. The van der Waals surface area contributed by atoms with Gasteiger partial charge in [-0.15, -0.1) is 0 Å². The van der Waals surface area contributed by atoms with E-state index in [2.05, 4.69) is 15.1 Å². The first kappa shape index (κ1) is 12.7. The Hall–Kier alpha value is -1.75. The molecule has 0 saturated carbocycles. The Morgan fingerprint density at radius 3 is 2.39 bits per heavy atom. The summed E-state index contributed by atoms with van der Waals surface area (Å²) in [6.07, 6.45) is 3.64. The van der Waals surface area contributed by atoms with Gasteiger partial charge in [0.15, 0.2) is 0 Å². The lowest BCUT2D eigenvalue weighted by molar-refractivity contribution is 0.410. The van der Waals surface area contributed by atoms with Crippen LogP contribution in [-0.2, 0) is 6.54 Å². The van der Waals surface area contributed by atoms with Crippen molar-refractivity contribution < 1.29 is 0 Å². The third-order valence-corrected chi connectivity index (χ3v) is 2.54. The van der Waals surface area contributed by atoms with Gasteiger partial charge in [-0.25, -0.2) is 9.97 Å². The van der Waals surface area contributed by atoms with Crippen molar-refractivity contribution >= 4 is 0 Å². The van der Waals surface area contributed by atoms with Gasteiger partial charge in [-0.05, 0) is 33.8 Å². The summed E-state index contributed by atoms with van der Waals surface area (Å²) in [4.78, 5) is 8.44. The van der Waals surface area contributed by atoms with Crippen LogP contribution >= 0.6 is 0 Å². The van der Waals surface area contributed by atoms with Gasteiger partial charge in [0.2, 0.25) is 0 Å². The van der Waals surface area contributed by atoms with Crippen LogP contribution in [0.15, 0.2) is 18.5 Å². The average Bonchev–Trinajstić information content (AvgIpc) is 2.58. The summed E-state index contributed by atoms with van der Waals surface area (Å²) in [7, 11) is 0. The topological polar surface area (TPSA) is 69.6 Å². The molecular formula is C13H19N5. The third kappa shape index (κ3) is 2.92. The minimum Gasteiger partial charge on any atom is -0.324 e. The minimum absolute atomic E-state index is 0.307. The van der Waals surface area contributed by atoms with Gasteiger partial charge in [0.1, 0.15) is 5.82 Å². The summed E-state index contributed by atoms with van der Waals surface area (Å²) in [6, 6.07) is 2.03. The van der Waals surface area contributed by atoms with E-state index in [1.54, 1.807) is 0 Å². The second-order valence-corrected chi connectivity index (χ2v) is 5.34. The van der Waals surface area contributed by atoms with Gasteiger partial charge in [-0.3, -0.25) is 4.68 Å². The fourth-order valence-electron chi connectivity index (χ4n) is 1.81. The van der Waals surface area contributed by atoms with Crippen LogP contribution in [-0.4, -0.2) is 25.3 Å². The molecule has 0 aliphatic heterocycles. The van der Waals surface area contributed by atoms with Crippen LogP contribution < -0.4 is 5.73 Å². The van der Waals surface area contributed by atoms with Crippen LogP contribution in [0.4, 0.5) is 0 Å². The Morgan fingerprint density at radius 2 is 1.83 bits per heavy atom. The van der Waals surface area contributed by atoms with Gasteiger partial charge in [-0.1, -0.05) is 0 Å². The lowest BCUT2D eigenvalue weighted by Crippen LogP contribution is -2.37. The summed E-state index contributed by atoms with van der Waals surface area (Å²) in [6.45, 7) is 8.47. The molecule has 5 nitrogen and oxygen atoms in total. The van der Waals surface area contributed by atoms with Gasteiger partial charge < -0.3 is 5.73 Å². The zero-order valence-corrected chi connectivity index (χ0v) is 11.3. The molecule has 5 heteroatoms. The van der Waals surface area contributed by atoms with Gasteiger partial charge in [0.05, 0.1) is 17.9 Å². The number of hydrogen-bond acceptors (Lipinski definition) is 4. The van der Waals surface area contributed by atoms with E-state index >= 15 is 0 Å². The molecule has 0 saturated heterocycles. The van der Waals surface area contributed by atoms with Gasteiger partial charge in [-0.2, -0.15) is 5.10 Å². The average molecular weight is 245 g/mol. The smallest absolute Gasteiger partial charge is 0.125 e. The number of nitrogens with two attached hydrogens (primary N) is 1. The number of nitrogens with zero attached hydrogens (tertiary/aromatic N) is 4. The van der Waals surface area contributed by atoms with E-state index < -0.39 is 0 Å². The van der Waals surface area contributed by atoms with E-state index in [9.17, 15) is 0 Å². The van der Waals surface area contributed by atoms with E-state index in [0.29, 0.717) is 6.54 Å². The standard InChI is InChI=1S/C13H19N5/c1-9-5-12(11-6-15-10(2)16-7-11)18(17-9)8-13(3,4)14/h5-7H,8,14H2,1-4H3. The highest BCUT2D eigenvalue weighted by molar-refractivity contribution is 5.57. The Bertz CT molecular complexity index is 533. The lowest BCUT2D eigenvalue weighted by atomic mass is 10.1. The molecule has 2 aromatic heterocycles. The first-order chi connectivity index (χ1) is 8.35. The number of aromatic nitrogens is 4. The van der Waals surface area contributed by atoms with Crippen LogP contribution in [0, 0.1) is 13.8 Å². The van der Waals surface area contributed by atoms with Crippen molar-refractivity contribution in [3.63, 3.8) is 0 Å². The zero-order chi connectivity index (χ0) is 13.3. The Morgan fingerprint density at radius 1 is 1.22 bits per heavy atom. The molecule has 0 aliphatic carbocycles. The van der Waals surface area contributed by atoms with Crippen LogP contribution in [0.25, 0.3) is 11.3 Å². The molecule has 0 amide bonds. The third-order valence-electron chi connectivity index (χ3n) is 2.54. The summed E-state index contributed by atoms with van der Waals surface area (Å²) >= 11 is 0. The molecule has 2 heterocycles. The maximum absolute atomic E-state index is 6.06. The Labute approximate surface area is 107 Å². The molecule has 2 aromatic rings. The van der Waals surface area contributed by atoms with Gasteiger partial charge >= 0.3 is 0 Å². The quantitative estimate of drug-likeness (QED) is 0.893. The number of rotatable bonds is 3. The van der Waals surface area contributed by atoms with Crippen molar-refractivity contribution in [1.82, 2.24) is 19.7 Å². The van der Waals surface area contributed by atoms with Crippen LogP contribution in [0.3, 0.4) is 0 Å². The fourth-order valence-corrected chi connectivity index (χ4v) is 1.81. The summed E-state index contributed by atoms with van der Waals surface area (Å²) < 4.78 is 1.92. The van der Waals surface area contributed by atoms with Crippen molar-refractivity contribution in [2.75, 3.05) is 0 Å². The predicted molar refractivity (Wildman–Crippen MR) is 71.0 cm³/mol. The van der Waals surface area contributed by atoms with Crippen LogP contribution in [0.5, 0.6) is 0 Å². The molecule has 0 aromatic carbocycles. The summed E-state index contributed by atoms with van der Waals surface area (Å²) in [5.74, 6) is 0.765. The van der Waals surface area contributed by atoms with E-state index in [4.69, 9.17) is 5.73 Å². The van der Waals surface area contributed by atoms with E-state index in [1.807, 2.05) is 50.8 Å².